The maximum atomic E-state index is 12.3. The first-order chi connectivity index (χ1) is 14.0. The molecule has 3 rings (SSSR count). The van der Waals surface area contributed by atoms with Crippen molar-refractivity contribution >= 4 is 62.5 Å². The van der Waals surface area contributed by atoms with Gasteiger partial charge in [0.15, 0.2) is 5.11 Å². The first kappa shape index (κ1) is 21.0. The third-order valence-corrected chi connectivity index (χ3v) is 5.23. The fraction of sp³-hybridized carbons (Fsp3) is 0.0952. The number of nitrogens with one attached hydrogen (secondary N) is 3. The SMILES string of the molecule is COc1ccc(C(=O)NC(=S)NNC(=O)Cc2cccc3ccccc23)cc1I. The maximum absolute atomic E-state index is 12.3. The second-order valence-electron chi connectivity index (χ2n) is 6.12. The van der Waals surface area contributed by atoms with Crippen LogP contribution in [0.3, 0.4) is 0 Å². The van der Waals surface area contributed by atoms with Gasteiger partial charge in [-0.1, -0.05) is 42.5 Å². The van der Waals surface area contributed by atoms with Crippen LogP contribution < -0.4 is 20.9 Å². The summed E-state index contributed by atoms with van der Waals surface area (Å²) in [6.45, 7) is 0. The zero-order valence-electron chi connectivity index (χ0n) is 15.5. The van der Waals surface area contributed by atoms with Crippen LogP contribution in [0.15, 0.2) is 60.7 Å². The van der Waals surface area contributed by atoms with E-state index in [-0.39, 0.29) is 23.3 Å². The van der Waals surface area contributed by atoms with Gasteiger partial charge in [-0.3, -0.25) is 25.8 Å². The van der Waals surface area contributed by atoms with E-state index in [0.717, 1.165) is 19.9 Å². The van der Waals surface area contributed by atoms with Crippen LogP contribution in [0, 0.1) is 3.57 Å². The van der Waals surface area contributed by atoms with E-state index in [1.165, 1.54) is 0 Å². The fourth-order valence-corrected chi connectivity index (χ4v) is 3.68. The van der Waals surface area contributed by atoms with Crippen molar-refractivity contribution in [2.24, 2.45) is 0 Å². The molecule has 148 valence electrons. The molecule has 0 aliphatic heterocycles. The second kappa shape index (κ2) is 9.66. The summed E-state index contributed by atoms with van der Waals surface area (Å²) in [5.74, 6) is 0.0341. The molecule has 0 aromatic heterocycles. The largest absolute Gasteiger partial charge is 0.496 e. The number of hydrogen-bond acceptors (Lipinski definition) is 4. The van der Waals surface area contributed by atoms with Gasteiger partial charge in [0.25, 0.3) is 5.91 Å². The molecule has 0 unspecified atom stereocenters. The molecule has 3 N–H and O–H groups in total. The first-order valence-electron chi connectivity index (χ1n) is 8.68. The lowest BCUT2D eigenvalue weighted by Gasteiger charge is -2.12. The molecule has 0 aliphatic carbocycles. The highest BCUT2D eigenvalue weighted by atomic mass is 127. The smallest absolute Gasteiger partial charge is 0.257 e. The highest BCUT2D eigenvalue weighted by Gasteiger charge is 2.12. The van der Waals surface area contributed by atoms with Crippen LogP contribution in [0.1, 0.15) is 15.9 Å². The standard InChI is InChI=1S/C21H18IN3O3S/c1-28-18-10-9-15(11-17(18)22)20(27)23-21(29)25-24-19(26)12-14-7-4-6-13-5-2-3-8-16(13)14/h2-11H,12H2,1H3,(H,24,26)(H2,23,25,27,29). The van der Waals surface area contributed by atoms with Crippen molar-refractivity contribution in [1.82, 2.24) is 16.2 Å². The molecule has 0 aliphatic rings. The lowest BCUT2D eigenvalue weighted by Crippen LogP contribution is -2.48. The topological polar surface area (TPSA) is 79.5 Å². The number of halogens is 1. The molecule has 0 saturated carbocycles. The van der Waals surface area contributed by atoms with Crippen molar-refractivity contribution in [3.05, 3.63) is 75.4 Å². The van der Waals surface area contributed by atoms with Gasteiger partial charge in [0.1, 0.15) is 5.75 Å². The van der Waals surface area contributed by atoms with Gasteiger partial charge in [0.2, 0.25) is 5.91 Å². The molecule has 0 spiro atoms. The van der Waals surface area contributed by atoms with E-state index in [1.54, 1.807) is 25.3 Å². The Hall–Kier alpha value is -2.72. The monoisotopic (exact) mass is 519 g/mol. The Morgan fingerprint density at radius 2 is 1.79 bits per heavy atom. The number of benzene rings is 3. The Morgan fingerprint density at radius 3 is 2.55 bits per heavy atom. The molecule has 0 fully saturated rings. The van der Waals surface area contributed by atoms with Crippen molar-refractivity contribution in [2.45, 2.75) is 6.42 Å². The number of rotatable bonds is 4. The lowest BCUT2D eigenvalue weighted by molar-refractivity contribution is -0.121. The van der Waals surface area contributed by atoms with Crippen LogP contribution in [-0.4, -0.2) is 24.0 Å². The van der Waals surface area contributed by atoms with Crippen LogP contribution in [-0.2, 0) is 11.2 Å². The number of hydrogen-bond donors (Lipinski definition) is 3. The van der Waals surface area contributed by atoms with Gasteiger partial charge in [0, 0.05) is 5.56 Å². The Labute approximate surface area is 187 Å². The van der Waals surface area contributed by atoms with E-state index < -0.39 is 0 Å². The molecule has 6 nitrogen and oxygen atoms in total. The number of fused-ring (bicyclic) bond motifs is 1. The molecule has 2 amide bonds. The molecule has 0 heterocycles. The zero-order chi connectivity index (χ0) is 20.8. The molecule has 3 aromatic rings. The van der Waals surface area contributed by atoms with Crippen LogP contribution in [0.25, 0.3) is 10.8 Å². The summed E-state index contributed by atoms with van der Waals surface area (Å²) >= 11 is 7.17. The van der Waals surface area contributed by atoms with E-state index in [1.807, 2.05) is 42.5 Å². The predicted molar refractivity (Wildman–Crippen MR) is 125 cm³/mol. The predicted octanol–water partition coefficient (Wildman–Crippen LogP) is 3.33. The van der Waals surface area contributed by atoms with Crippen molar-refractivity contribution in [3.8, 4) is 5.75 Å². The summed E-state index contributed by atoms with van der Waals surface area (Å²) in [5, 5.41) is 4.63. The van der Waals surface area contributed by atoms with E-state index in [4.69, 9.17) is 17.0 Å². The zero-order valence-corrected chi connectivity index (χ0v) is 18.5. The molecule has 29 heavy (non-hydrogen) atoms. The van der Waals surface area contributed by atoms with E-state index in [0.29, 0.717) is 11.3 Å². The molecular formula is C21H18IN3O3S. The third kappa shape index (κ3) is 5.42. The van der Waals surface area contributed by atoms with Gasteiger partial charge in [-0.2, -0.15) is 0 Å². The van der Waals surface area contributed by atoms with E-state index in [2.05, 4.69) is 38.8 Å². The number of ether oxygens (including phenoxy) is 1. The number of methoxy groups -OCH3 is 1. The minimum Gasteiger partial charge on any atom is -0.496 e. The second-order valence-corrected chi connectivity index (χ2v) is 7.69. The van der Waals surface area contributed by atoms with Gasteiger partial charge in [-0.05, 0) is 69.3 Å². The molecule has 8 heteroatoms. The Morgan fingerprint density at radius 1 is 1.03 bits per heavy atom. The maximum Gasteiger partial charge on any atom is 0.257 e. The summed E-state index contributed by atoms with van der Waals surface area (Å²) in [6.07, 6.45) is 0.182. The van der Waals surface area contributed by atoms with E-state index in [9.17, 15) is 9.59 Å². The highest BCUT2D eigenvalue weighted by Crippen LogP contribution is 2.21. The number of carbonyl (C=O) groups is 2. The third-order valence-electron chi connectivity index (χ3n) is 4.19. The number of amides is 2. The Bertz CT molecular complexity index is 1080. The van der Waals surface area contributed by atoms with Crippen molar-refractivity contribution in [3.63, 3.8) is 0 Å². The normalized spacial score (nSPS) is 10.3. The number of thiocarbonyl (C=S) groups is 1. The minimum absolute atomic E-state index is 0.00657. The molecule has 0 bridgehead atoms. The van der Waals surface area contributed by atoms with Crippen molar-refractivity contribution in [2.75, 3.05) is 7.11 Å². The van der Waals surface area contributed by atoms with Crippen LogP contribution in [0.2, 0.25) is 0 Å². The summed E-state index contributed by atoms with van der Waals surface area (Å²) < 4.78 is 5.98. The van der Waals surface area contributed by atoms with Gasteiger partial charge in [-0.15, -0.1) is 0 Å². The van der Waals surface area contributed by atoms with Gasteiger partial charge < -0.3 is 4.74 Å². The van der Waals surface area contributed by atoms with Crippen molar-refractivity contribution in [1.29, 1.82) is 0 Å². The van der Waals surface area contributed by atoms with Gasteiger partial charge in [0.05, 0.1) is 17.1 Å². The summed E-state index contributed by atoms with van der Waals surface area (Å²) in [7, 11) is 1.57. The number of carbonyl (C=O) groups excluding carboxylic acids is 2. The molecule has 0 saturated heterocycles. The van der Waals surface area contributed by atoms with E-state index >= 15 is 0 Å². The van der Waals surface area contributed by atoms with Crippen LogP contribution >= 0.6 is 34.8 Å². The van der Waals surface area contributed by atoms with Crippen LogP contribution in [0.4, 0.5) is 0 Å². The average Bonchev–Trinajstić information content (AvgIpc) is 2.72. The minimum atomic E-state index is -0.383. The van der Waals surface area contributed by atoms with Gasteiger partial charge >= 0.3 is 0 Å². The molecule has 0 atom stereocenters. The van der Waals surface area contributed by atoms with Crippen molar-refractivity contribution < 1.29 is 14.3 Å². The summed E-state index contributed by atoms with van der Waals surface area (Å²) in [4.78, 5) is 24.6. The Balaban J connectivity index is 1.54. The summed E-state index contributed by atoms with van der Waals surface area (Å²) in [6, 6.07) is 18.7. The van der Waals surface area contributed by atoms with Gasteiger partial charge in [-0.25, -0.2) is 0 Å². The quantitative estimate of drug-likeness (QED) is 0.280. The summed E-state index contributed by atoms with van der Waals surface area (Å²) in [5.41, 5.74) is 6.42. The fourth-order valence-electron chi connectivity index (χ4n) is 2.80. The number of hydrazine groups is 1. The highest BCUT2D eigenvalue weighted by molar-refractivity contribution is 14.1. The first-order valence-corrected chi connectivity index (χ1v) is 10.2. The van der Waals surface area contributed by atoms with Crippen LogP contribution in [0.5, 0.6) is 5.75 Å². The molecule has 0 radical (unpaired) electrons. The molecular weight excluding hydrogens is 501 g/mol. The lowest BCUT2D eigenvalue weighted by atomic mass is 10.0. The molecule has 3 aromatic carbocycles. The Kier molecular flexibility index (Phi) is 6.99. The average molecular weight is 519 g/mol.